The van der Waals surface area contributed by atoms with E-state index >= 15 is 0 Å². The summed E-state index contributed by atoms with van der Waals surface area (Å²) < 4.78 is 12.9. The molecule has 0 spiro atoms. The lowest BCUT2D eigenvalue weighted by molar-refractivity contribution is 0.0922. The van der Waals surface area contributed by atoms with Gasteiger partial charge in [0.05, 0.1) is 17.8 Å². The number of hydrogen-bond acceptors (Lipinski definition) is 3. The second kappa shape index (κ2) is 5.11. The summed E-state index contributed by atoms with van der Waals surface area (Å²) >= 11 is 5.68. The topological polar surface area (TPSA) is 65.8 Å². The molecule has 90 valence electrons. The zero-order valence-electron chi connectivity index (χ0n) is 9.42. The van der Waals surface area contributed by atoms with Crippen molar-refractivity contribution in [3.05, 3.63) is 28.8 Å². The van der Waals surface area contributed by atoms with Crippen LogP contribution in [0.15, 0.2) is 12.3 Å². The summed E-state index contributed by atoms with van der Waals surface area (Å²) in [5, 5.41) is 11.3. The number of rotatable bonds is 3. The third-order valence-corrected chi connectivity index (χ3v) is 2.69. The summed E-state index contributed by atoms with van der Waals surface area (Å²) in [7, 11) is 0. The molecule has 1 heterocycles. The Kier molecular flexibility index (Phi) is 4.02. The fourth-order valence-electron chi connectivity index (χ4n) is 1.10. The zero-order valence-corrected chi connectivity index (χ0v) is 10.2. The molecule has 1 atom stereocenters. The molecule has 0 bridgehead atoms. The normalized spacial score (nSPS) is 13.6. The fourth-order valence-corrected chi connectivity index (χ4v) is 1.28. The maximum Gasteiger partial charge on any atom is 0.255 e. The SMILES string of the molecule is CCC(C)(C#N)NC(=O)c1cc(F)cnc1Cl. The van der Waals surface area contributed by atoms with Gasteiger partial charge in [0.2, 0.25) is 0 Å². The van der Waals surface area contributed by atoms with Crippen molar-refractivity contribution in [3.8, 4) is 6.07 Å². The number of nitrogens with zero attached hydrogens (tertiary/aromatic N) is 2. The van der Waals surface area contributed by atoms with Gasteiger partial charge in [-0.2, -0.15) is 5.26 Å². The van der Waals surface area contributed by atoms with Crippen LogP contribution in [-0.2, 0) is 0 Å². The Balaban J connectivity index is 2.99. The van der Waals surface area contributed by atoms with E-state index < -0.39 is 17.3 Å². The summed E-state index contributed by atoms with van der Waals surface area (Å²) in [5.74, 6) is -1.28. The van der Waals surface area contributed by atoms with E-state index in [4.69, 9.17) is 16.9 Å². The molecule has 1 unspecified atom stereocenters. The third-order valence-electron chi connectivity index (χ3n) is 2.39. The molecule has 0 aliphatic heterocycles. The van der Waals surface area contributed by atoms with Crippen LogP contribution in [0, 0.1) is 17.1 Å². The minimum Gasteiger partial charge on any atom is -0.334 e. The Morgan fingerprint density at radius 2 is 2.41 bits per heavy atom. The molecule has 1 aromatic rings. The van der Waals surface area contributed by atoms with Gasteiger partial charge in [0.25, 0.3) is 5.91 Å². The van der Waals surface area contributed by atoms with E-state index in [2.05, 4.69) is 10.3 Å². The van der Waals surface area contributed by atoms with Crippen molar-refractivity contribution in [1.29, 1.82) is 5.26 Å². The first-order valence-electron chi connectivity index (χ1n) is 4.96. The van der Waals surface area contributed by atoms with E-state index in [9.17, 15) is 9.18 Å². The molecule has 0 aliphatic rings. The molecule has 17 heavy (non-hydrogen) atoms. The summed E-state index contributed by atoms with van der Waals surface area (Å²) in [6.45, 7) is 3.33. The highest BCUT2D eigenvalue weighted by Gasteiger charge is 2.25. The van der Waals surface area contributed by atoms with Crippen LogP contribution in [0.3, 0.4) is 0 Å². The van der Waals surface area contributed by atoms with Crippen molar-refractivity contribution in [3.63, 3.8) is 0 Å². The lowest BCUT2D eigenvalue weighted by Crippen LogP contribution is -2.44. The summed E-state index contributed by atoms with van der Waals surface area (Å²) in [6, 6.07) is 2.96. The lowest BCUT2D eigenvalue weighted by Gasteiger charge is -2.21. The van der Waals surface area contributed by atoms with Crippen LogP contribution in [0.4, 0.5) is 4.39 Å². The summed E-state index contributed by atoms with van der Waals surface area (Å²) in [6.07, 6.45) is 1.35. The summed E-state index contributed by atoms with van der Waals surface area (Å²) in [5.41, 5.74) is -1.09. The van der Waals surface area contributed by atoms with Crippen molar-refractivity contribution < 1.29 is 9.18 Å². The van der Waals surface area contributed by atoms with Crippen molar-refractivity contribution >= 4 is 17.5 Å². The van der Waals surface area contributed by atoms with E-state index in [1.165, 1.54) is 0 Å². The van der Waals surface area contributed by atoms with Gasteiger partial charge in [-0.15, -0.1) is 0 Å². The molecule has 0 aromatic carbocycles. The van der Waals surface area contributed by atoms with Gasteiger partial charge in [0, 0.05) is 0 Å². The Morgan fingerprint density at radius 3 is 2.94 bits per heavy atom. The van der Waals surface area contributed by atoms with E-state index in [0.29, 0.717) is 6.42 Å². The smallest absolute Gasteiger partial charge is 0.255 e. The van der Waals surface area contributed by atoms with Gasteiger partial charge in [-0.05, 0) is 19.4 Å². The molecule has 0 saturated carbocycles. The van der Waals surface area contributed by atoms with Gasteiger partial charge >= 0.3 is 0 Å². The molecule has 0 saturated heterocycles. The van der Waals surface area contributed by atoms with E-state index in [1.54, 1.807) is 13.8 Å². The molecule has 1 amide bonds. The molecule has 1 N–H and O–H groups in total. The quantitative estimate of drug-likeness (QED) is 0.843. The average Bonchev–Trinajstić information content (AvgIpc) is 2.32. The number of aromatic nitrogens is 1. The van der Waals surface area contributed by atoms with Gasteiger partial charge in [-0.25, -0.2) is 9.37 Å². The van der Waals surface area contributed by atoms with Crippen LogP contribution in [0.5, 0.6) is 0 Å². The number of hydrogen-bond donors (Lipinski definition) is 1. The molecular formula is C11H11ClFN3O. The van der Waals surface area contributed by atoms with Crippen molar-refractivity contribution in [2.24, 2.45) is 0 Å². The number of carbonyl (C=O) groups excluding carboxylic acids is 1. The van der Waals surface area contributed by atoms with Crippen LogP contribution < -0.4 is 5.32 Å². The molecule has 0 fully saturated rings. The van der Waals surface area contributed by atoms with Crippen LogP contribution in [0.2, 0.25) is 5.15 Å². The van der Waals surface area contributed by atoms with E-state index in [0.717, 1.165) is 12.3 Å². The molecule has 6 heteroatoms. The van der Waals surface area contributed by atoms with Gasteiger partial charge < -0.3 is 5.32 Å². The van der Waals surface area contributed by atoms with Crippen molar-refractivity contribution in [2.75, 3.05) is 0 Å². The predicted octanol–water partition coefficient (Wildman–Crippen LogP) is 2.30. The first-order valence-corrected chi connectivity index (χ1v) is 5.34. The van der Waals surface area contributed by atoms with Crippen LogP contribution in [0.25, 0.3) is 0 Å². The van der Waals surface area contributed by atoms with Crippen LogP contribution >= 0.6 is 11.6 Å². The van der Waals surface area contributed by atoms with Crippen molar-refractivity contribution in [1.82, 2.24) is 10.3 Å². The number of halogens is 2. The first kappa shape index (κ1) is 13.4. The van der Waals surface area contributed by atoms with Gasteiger partial charge in [0.15, 0.2) is 0 Å². The molecule has 0 aliphatic carbocycles. The highest BCUT2D eigenvalue weighted by atomic mass is 35.5. The summed E-state index contributed by atoms with van der Waals surface area (Å²) in [4.78, 5) is 15.3. The Hall–Kier alpha value is -1.67. The number of pyridine rings is 1. The monoisotopic (exact) mass is 255 g/mol. The van der Waals surface area contributed by atoms with E-state index in [1.807, 2.05) is 6.07 Å². The second-order valence-electron chi connectivity index (χ2n) is 3.74. The third kappa shape index (κ3) is 3.14. The minimum atomic E-state index is -1.01. The second-order valence-corrected chi connectivity index (χ2v) is 4.10. The van der Waals surface area contributed by atoms with E-state index in [-0.39, 0.29) is 10.7 Å². The van der Waals surface area contributed by atoms with Gasteiger partial charge in [0.1, 0.15) is 16.5 Å². The number of amides is 1. The standard InChI is InChI=1S/C11H11ClFN3O/c1-3-11(2,6-14)16-10(17)8-4-7(13)5-15-9(8)12/h4-5H,3H2,1-2H3,(H,16,17). The fraction of sp³-hybridized carbons (Fsp3) is 0.364. The molecule has 1 rings (SSSR count). The Morgan fingerprint density at radius 1 is 1.76 bits per heavy atom. The van der Waals surface area contributed by atoms with Crippen molar-refractivity contribution in [2.45, 2.75) is 25.8 Å². The van der Waals surface area contributed by atoms with Gasteiger partial charge in [-0.1, -0.05) is 18.5 Å². The number of carbonyl (C=O) groups is 1. The highest BCUT2D eigenvalue weighted by molar-refractivity contribution is 6.32. The Labute approximate surface area is 103 Å². The zero-order chi connectivity index (χ0) is 13.1. The molecule has 0 radical (unpaired) electrons. The lowest BCUT2D eigenvalue weighted by atomic mass is 10.0. The number of nitrogens with one attached hydrogen (secondary N) is 1. The van der Waals surface area contributed by atoms with Gasteiger partial charge in [-0.3, -0.25) is 4.79 Å². The molecular weight excluding hydrogens is 245 g/mol. The first-order chi connectivity index (χ1) is 7.91. The largest absolute Gasteiger partial charge is 0.334 e. The number of nitriles is 1. The highest BCUT2D eigenvalue weighted by Crippen LogP contribution is 2.16. The average molecular weight is 256 g/mol. The maximum absolute atomic E-state index is 12.9. The predicted molar refractivity (Wildman–Crippen MR) is 61.0 cm³/mol. The minimum absolute atomic E-state index is 0.0819. The molecule has 1 aromatic heterocycles. The maximum atomic E-state index is 12.9. The van der Waals surface area contributed by atoms with Crippen LogP contribution in [-0.4, -0.2) is 16.4 Å². The molecule has 4 nitrogen and oxygen atoms in total. The van der Waals surface area contributed by atoms with Crippen LogP contribution in [0.1, 0.15) is 30.6 Å². The Bertz CT molecular complexity index is 486.